The molecule has 130 valence electrons. The first kappa shape index (κ1) is 20.0. The lowest BCUT2D eigenvalue weighted by Gasteiger charge is -2.10. The van der Waals surface area contributed by atoms with Crippen LogP contribution in [0, 0.1) is 0 Å². The number of anilines is 1. The summed E-state index contributed by atoms with van der Waals surface area (Å²) in [6.07, 6.45) is 0.880. The van der Waals surface area contributed by atoms with Gasteiger partial charge in [-0.15, -0.1) is 12.4 Å². The van der Waals surface area contributed by atoms with E-state index >= 15 is 0 Å². The topological polar surface area (TPSA) is 73.6 Å². The van der Waals surface area contributed by atoms with Gasteiger partial charge in [0, 0.05) is 12.8 Å². The lowest BCUT2D eigenvalue weighted by Crippen LogP contribution is -2.32. The van der Waals surface area contributed by atoms with E-state index in [0.717, 1.165) is 12.2 Å². The Bertz CT molecular complexity index is 628. The number of carbonyl (C=O) groups excluding carboxylic acids is 1. The van der Waals surface area contributed by atoms with E-state index in [1.54, 1.807) is 38.3 Å². The zero-order valence-electron chi connectivity index (χ0n) is 13.8. The first-order valence-electron chi connectivity index (χ1n) is 7.50. The van der Waals surface area contributed by atoms with Crippen LogP contribution in [0.1, 0.15) is 12.5 Å². The predicted molar refractivity (Wildman–Crippen MR) is 98.1 cm³/mol. The Labute approximate surface area is 148 Å². The molecule has 0 aromatic heterocycles. The SMILES string of the molecule is COCCc1ccc(Oc2ccc(NC(=O)[C@H](C)N)cc2)cc1.Cl. The molecule has 0 unspecified atom stereocenters. The maximum Gasteiger partial charge on any atom is 0.240 e. The fourth-order valence-electron chi connectivity index (χ4n) is 1.94. The summed E-state index contributed by atoms with van der Waals surface area (Å²) in [5.74, 6) is 1.25. The molecule has 24 heavy (non-hydrogen) atoms. The third kappa shape index (κ3) is 6.20. The van der Waals surface area contributed by atoms with Gasteiger partial charge in [0.05, 0.1) is 12.6 Å². The van der Waals surface area contributed by atoms with Crippen LogP contribution in [-0.4, -0.2) is 25.7 Å². The largest absolute Gasteiger partial charge is 0.457 e. The van der Waals surface area contributed by atoms with Crippen LogP contribution in [0.2, 0.25) is 0 Å². The van der Waals surface area contributed by atoms with Gasteiger partial charge in [-0.05, 0) is 55.3 Å². The highest BCUT2D eigenvalue weighted by Crippen LogP contribution is 2.23. The van der Waals surface area contributed by atoms with Gasteiger partial charge in [-0.3, -0.25) is 4.79 Å². The molecule has 0 aliphatic rings. The van der Waals surface area contributed by atoms with Crippen molar-refractivity contribution in [1.29, 1.82) is 0 Å². The first-order chi connectivity index (χ1) is 11.1. The molecule has 1 atom stereocenters. The van der Waals surface area contributed by atoms with Crippen molar-refractivity contribution in [1.82, 2.24) is 0 Å². The number of hydrogen-bond acceptors (Lipinski definition) is 4. The van der Waals surface area contributed by atoms with Crippen LogP contribution in [0.4, 0.5) is 5.69 Å². The van der Waals surface area contributed by atoms with Crippen molar-refractivity contribution < 1.29 is 14.3 Å². The smallest absolute Gasteiger partial charge is 0.240 e. The van der Waals surface area contributed by atoms with Gasteiger partial charge in [-0.2, -0.15) is 0 Å². The average Bonchev–Trinajstić information content (AvgIpc) is 2.56. The fourth-order valence-corrected chi connectivity index (χ4v) is 1.94. The molecule has 6 heteroatoms. The van der Waals surface area contributed by atoms with Crippen LogP contribution in [0.25, 0.3) is 0 Å². The zero-order valence-corrected chi connectivity index (χ0v) is 14.6. The van der Waals surface area contributed by atoms with E-state index in [2.05, 4.69) is 5.32 Å². The molecule has 0 aliphatic carbocycles. The molecule has 2 rings (SSSR count). The molecule has 2 aromatic rings. The monoisotopic (exact) mass is 350 g/mol. The quantitative estimate of drug-likeness (QED) is 0.802. The normalized spacial score (nSPS) is 11.3. The maximum absolute atomic E-state index is 11.5. The molecular formula is C18H23ClN2O3. The third-order valence-electron chi connectivity index (χ3n) is 3.29. The molecule has 0 radical (unpaired) electrons. The van der Waals surface area contributed by atoms with Gasteiger partial charge >= 0.3 is 0 Å². The summed E-state index contributed by atoms with van der Waals surface area (Å²) in [6.45, 7) is 2.35. The van der Waals surface area contributed by atoms with Crippen molar-refractivity contribution in [3.05, 3.63) is 54.1 Å². The summed E-state index contributed by atoms with van der Waals surface area (Å²) in [5, 5.41) is 2.73. The van der Waals surface area contributed by atoms with E-state index in [-0.39, 0.29) is 18.3 Å². The predicted octanol–water partition coefficient (Wildman–Crippen LogP) is 3.38. The van der Waals surface area contributed by atoms with Gasteiger partial charge in [0.1, 0.15) is 11.5 Å². The van der Waals surface area contributed by atoms with Crippen LogP contribution < -0.4 is 15.8 Å². The van der Waals surface area contributed by atoms with Crippen molar-refractivity contribution in [2.75, 3.05) is 19.0 Å². The van der Waals surface area contributed by atoms with E-state index < -0.39 is 6.04 Å². The molecule has 5 nitrogen and oxygen atoms in total. The summed E-state index contributed by atoms with van der Waals surface area (Å²) in [5.41, 5.74) is 7.41. The number of benzene rings is 2. The molecule has 1 amide bonds. The summed E-state index contributed by atoms with van der Waals surface area (Å²) >= 11 is 0. The zero-order chi connectivity index (χ0) is 16.7. The van der Waals surface area contributed by atoms with Crippen LogP contribution in [0.5, 0.6) is 11.5 Å². The summed E-state index contributed by atoms with van der Waals surface area (Å²) in [7, 11) is 1.69. The van der Waals surface area contributed by atoms with Crippen LogP contribution in [-0.2, 0) is 16.0 Å². The van der Waals surface area contributed by atoms with Crippen molar-refractivity contribution >= 4 is 24.0 Å². The number of ether oxygens (including phenoxy) is 2. The van der Waals surface area contributed by atoms with Crippen LogP contribution >= 0.6 is 12.4 Å². The van der Waals surface area contributed by atoms with Gasteiger partial charge in [-0.25, -0.2) is 0 Å². The second-order valence-corrected chi connectivity index (χ2v) is 5.29. The Morgan fingerprint density at radius 3 is 2.12 bits per heavy atom. The Hall–Kier alpha value is -2.08. The van der Waals surface area contributed by atoms with Crippen molar-refractivity contribution in [3.8, 4) is 11.5 Å². The molecule has 0 bridgehead atoms. The van der Waals surface area contributed by atoms with E-state index in [0.29, 0.717) is 18.0 Å². The molecule has 0 saturated heterocycles. The van der Waals surface area contributed by atoms with E-state index in [1.807, 2.05) is 24.3 Å². The van der Waals surface area contributed by atoms with Gasteiger partial charge in [0.2, 0.25) is 5.91 Å². The first-order valence-corrected chi connectivity index (χ1v) is 7.50. The molecule has 0 spiro atoms. The Kier molecular flexibility index (Phi) is 8.26. The highest BCUT2D eigenvalue weighted by Gasteiger charge is 2.07. The Morgan fingerprint density at radius 2 is 1.62 bits per heavy atom. The van der Waals surface area contributed by atoms with Gasteiger partial charge in [0.25, 0.3) is 0 Å². The number of halogens is 1. The minimum Gasteiger partial charge on any atom is -0.457 e. The molecule has 0 saturated carbocycles. The van der Waals surface area contributed by atoms with E-state index in [9.17, 15) is 4.79 Å². The summed E-state index contributed by atoms with van der Waals surface area (Å²) in [6, 6.07) is 14.5. The number of nitrogens with two attached hydrogens (primary N) is 1. The highest BCUT2D eigenvalue weighted by molar-refractivity contribution is 5.94. The number of carbonyl (C=O) groups is 1. The Morgan fingerprint density at radius 1 is 1.08 bits per heavy atom. The minimum absolute atomic E-state index is 0. The van der Waals surface area contributed by atoms with Crippen LogP contribution in [0.3, 0.4) is 0 Å². The maximum atomic E-state index is 11.5. The minimum atomic E-state index is -0.539. The second kappa shape index (κ2) is 9.93. The van der Waals surface area contributed by atoms with E-state index in [1.165, 1.54) is 5.56 Å². The number of methoxy groups -OCH3 is 1. The molecule has 3 N–H and O–H groups in total. The molecule has 0 fully saturated rings. The van der Waals surface area contributed by atoms with Gasteiger partial charge < -0.3 is 20.5 Å². The number of nitrogens with one attached hydrogen (secondary N) is 1. The Balaban J connectivity index is 0.00000288. The third-order valence-corrected chi connectivity index (χ3v) is 3.29. The van der Waals surface area contributed by atoms with Crippen LogP contribution in [0.15, 0.2) is 48.5 Å². The number of amides is 1. The molecule has 0 heterocycles. The lowest BCUT2D eigenvalue weighted by molar-refractivity contribution is -0.117. The van der Waals surface area contributed by atoms with Crippen molar-refractivity contribution in [3.63, 3.8) is 0 Å². The van der Waals surface area contributed by atoms with Gasteiger partial charge in [0.15, 0.2) is 0 Å². The second-order valence-electron chi connectivity index (χ2n) is 5.29. The summed E-state index contributed by atoms with van der Waals surface area (Å²) in [4.78, 5) is 11.5. The van der Waals surface area contributed by atoms with Gasteiger partial charge in [-0.1, -0.05) is 12.1 Å². The lowest BCUT2D eigenvalue weighted by atomic mass is 10.1. The highest BCUT2D eigenvalue weighted by atomic mass is 35.5. The number of rotatable bonds is 7. The number of hydrogen-bond donors (Lipinski definition) is 2. The van der Waals surface area contributed by atoms with Crippen molar-refractivity contribution in [2.45, 2.75) is 19.4 Å². The molecule has 0 aliphatic heterocycles. The molecular weight excluding hydrogens is 328 g/mol. The van der Waals surface area contributed by atoms with Crippen molar-refractivity contribution in [2.24, 2.45) is 5.73 Å². The standard InChI is InChI=1S/C18H22N2O3.ClH/c1-13(19)18(21)20-15-5-9-17(10-6-15)23-16-7-3-14(4-8-16)11-12-22-2;/h3-10,13H,11-12,19H2,1-2H3,(H,20,21);1H/t13-;/m0./s1. The fraction of sp³-hybridized carbons (Fsp3) is 0.278. The van der Waals surface area contributed by atoms with E-state index in [4.69, 9.17) is 15.2 Å². The molecule has 2 aromatic carbocycles. The summed E-state index contributed by atoms with van der Waals surface area (Å²) < 4.78 is 10.8. The average molecular weight is 351 g/mol.